The number of rotatable bonds is 4. The highest BCUT2D eigenvalue weighted by molar-refractivity contribution is 7.10. The summed E-state index contributed by atoms with van der Waals surface area (Å²) in [7, 11) is 0. The summed E-state index contributed by atoms with van der Waals surface area (Å²) in [5, 5.41) is 11.9. The van der Waals surface area contributed by atoms with Gasteiger partial charge in [-0.25, -0.2) is 4.98 Å². The molecule has 0 unspecified atom stereocenters. The number of thiophene rings is 1. The Balaban J connectivity index is 1.52. The number of anilines is 1. The van der Waals surface area contributed by atoms with Crippen LogP contribution in [0.15, 0.2) is 42.0 Å². The molecule has 1 saturated carbocycles. The van der Waals surface area contributed by atoms with Crippen LogP contribution < -0.4 is 5.32 Å². The van der Waals surface area contributed by atoms with Crippen LogP contribution in [-0.4, -0.2) is 21.1 Å². The number of para-hydroxylation sites is 1. The van der Waals surface area contributed by atoms with Crippen molar-refractivity contribution < 1.29 is 4.79 Å². The van der Waals surface area contributed by atoms with Crippen LogP contribution in [-0.2, 0) is 4.79 Å². The molecule has 2 aromatic heterocycles. The summed E-state index contributed by atoms with van der Waals surface area (Å²) in [5.74, 6) is 1.17. The first-order valence-electron chi connectivity index (χ1n) is 7.53. The third-order valence-electron chi connectivity index (χ3n) is 4.22. The van der Waals surface area contributed by atoms with Gasteiger partial charge in [-0.3, -0.25) is 9.89 Å². The number of aromatic amines is 1. The number of aryl methyl sites for hydroxylation is 1. The highest BCUT2D eigenvalue weighted by atomic mass is 32.1. The Kier molecular flexibility index (Phi) is 3.46. The molecule has 2 heterocycles. The fourth-order valence-electron chi connectivity index (χ4n) is 2.90. The Morgan fingerprint density at radius 1 is 1.35 bits per heavy atom. The van der Waals surface area contributed by atoms with Crippen LogP contribution in [0.4, 0.5) is 5.69 Å². The minimum Gasteiger partial charge on any atom is -0.325 e. The zero-order chi connectivity index (χ0) is 15.8. The van der Waals surface area contributed by atoms with E-state index in [9.17, 15) is 4.79 Å². The number of hydrogen-bond acceptors (Lipinski definition) is 4. The van der Waals surface area contributed by atoms with Crippen LogP contribution in [0.3, 0.4) is 0 Å². The minimum atomic E-state index is 0.0649. The van der Waals surface area contributed by atoms with Gasteiger partial charge in [-0.05, 0) is 42.5 Å². The standard InChI is InChI=1S/C17H16N4OS/c1-10-6-7-23-15(10)12-8-13(12)17(22)20-14-5-3-2-4-11(14)16-18-9-19-21-16/h2-7,9,12-13H,8H2,1H3,(H,20,22)(H,18,19,21)/t12-,13-/m1/s1. The molecule has 0 bridgehead atoms. The van der Waals surface area contributed by atoms with Gasteiger partial charge in [0.25, 0.3) is 0 Å². The van der Waals surface area contributed by atoms with Crippen molar-refractivity contribution in [1.29, 1.82) is 0 Å². The maximum Gasteiger partial charge on any atom is 0.228 e. The lowest BCUT2D eigenvalue weighted by molar-refractivity contribution is -0.117. The second kappa shape index (κ2) is 5.62. The van der Waals surface area contributed by atoms with Crippen LogP contribution >= 0.6 is 11.3 Å². The van der Waals surface area contributed by atoms with Gasteiger partial charge in [0.1, 0.15) is 6.33 Å². The predicted molar refractivity (Wildman–Crippen MR) is 90.4 cm³/mol. The Bertz CT molecular complexity index is 840. The molecule has 0 saturated heterocycles. The van der Waals surface area contributed by atoms with E-state index in [-0.39, 0.29) is 11.8 Å². The van der Waals surface area contributed by atoms with Gasteiger partial charge in [-0.2, -0.15) is 5.10 Å². The fourth-order valence-corrected chi connectivity index (χ4v) is 4.01. The number of aromatic nitrogens is 3. The Labute approximate surface area is 137 Å². The first kappa shape index (κ1) is 14.1. The molecule has 116 valence electrons. The molecule has 5 nitrogen and oxygen atoms in total. The van der Waals surface area contributed by atoms with Crippen LogP contribution in [0, 0.1) is 12.8 Å². The maximum absolute atomic E-state index is 12.6. The molecular formula is C17H16N4OS. The molecular weight excluding hydrogens is 308 g/mol. The van der Waals surface area contributed by atoms with E-state index in [1.165, 1.54) is 16.8 Å². The highest BCUT2D eigenvalue weighted by Gasteiger charge is 2.45. The van der Waals surface area contributed by atoms with Gasteiger partial charge in [-0.1, -0.05) is 12.1 Å². The molecule has 3 aromatic rings. The average molecular weight is 324 g/mol. The summed E-state index contributed by atoms with van der Waals surface area (Å²) in [6.45, 7) is 2.11. The van der Waals surface area contributed by atoms with Crippen molar-refractivity contribution in [3.63, 3.8) is 0 Å². The van der Waals surface area contributed by atoms with Gasteiger partial charge in [0.2, 0.25) is 5.91 Å². The van der Waals surface area contributed by atoms with E-state index >= 15 is 0 Å². The molecule has 2 N–H and O–H groups in total. The van der Waals surface area contributed by atoms with E-state index in [0.717, 1.165) is 17.7 Å². The number of carbonyl (C=O) groups excluding carboxylic acids is 1. The molecule has 1 aliphatic carbocycles. The van der Waals surface area contributed by atoms with Crippen LogP contribution in [0.1, 0.15) is 22.8 Å². The Morgan fingerprint density at radius 2 is 2.22 bits per heavy atom. The van der Waals surface area contributed by atoms with Crippen LogP contribution in [0.25, 0.3) is 11.4 Å². The molecule has 0 radical (unpaired) electrons. The molecule has 0 spiro atoms. The molecule has 1 aliphatic rings. The fraction of sp³-hybridized carbons (Fsp3) is 0.235. The summed E-state index contributed by atoms with van der Waals surface area (Å²) in [6.07, 6.45) is 2.39. The van der Waals surface area contributed by atoms with Crippen molar-refractivity contribution in [3.8, 4) is 11.4 Å². The summed E-state index contributed by atoms with van der Waals surface area (Å²) in [4.78, 5) is 18.1. The zero-order valence-electron chi connectivity index (χ0n) is 12.6. The molecule has 1 aromatic carbocycles. The quantitative estimate of drug-likeness (QED) is 0.770. The molecule has 6 heteroatoms. The van der Waals surface area contributed by atoms with Crippen LogP contribution in [0.2, 0.25) is 0 Å². The first-order chi connectivity index (χ1) is 11.2. The van der Waals surface area contributed by atoms with Gasteiger partial charge >= 0.3 is 0 Å². The lowest BCUT2D eigenvalue weighted by Gasteiger charge is -2.09. The third kappa shape index (κ3) is 2.66. The highest BCUT2D eigenvalue weighted by Crippen LogP contribution is 2.50. The smallest absolute Gasteiger partial charge is 0.228 e. The van der Waals surface area contributed by atoms with Gasteiger partial charge in [0.05, 0.1) is 5.69 Å². The second-order valence-corrected chi connectivity index (χ2v) is 6.73. The summed E-state index contributed by atoms with van der Waals surface area (Å²) in [5.41, 5.74) is 2.91. The number of nitrogens with zero attached hydrogens (tertiary/aromatic N) is 2. The monoisotopic (exact) mass is 324 g/mol. The third-order valence-corrected chi connectivity index (χ3v) is 5.37. The van der Waals surface area contributed by atoms with E-state index in [0.29, 0.717) is 11.7 Å². The van der Waals surface area contributed by atoms with Crippen molar-refractivity contribution in [2.45, 2.75) is 19.3 Å². The average Bonchev–Trinajstić information content (AvgIpc) is 2.95. The molecule has 0 aliphatic heterocycles. The number of benzene rings is 1. The Hall–Kier alpha value is -2.47. The first-order valence-corrected chi connectivity index (χ1v) is 8.41. The number of nitrogens with one attached hydrogen (secondary N) is 2. The topological polar surface area (TPSA) is 70.7 Å². The summed E-state index contributed by atoms with van der Waals surface area (Å²) >= 11 is 1.75. The lowest BCUT2D eigenvalue weighted by Crippen LogP contribution is -2.15. The van der Waals surface area contributed by atoms with Gasteiger partial charge in [-0.15, -0.1) is 11.3 Å². The number of H-pyrrole nitrogens is 1. The number of carbonyl (C=O) groups is 1. The van der Waals surface area contributed by atoms with Crippen LogP contribution in [0.5, 0.6) is 0 Å². The summed E-state index contributed by atoms with van der Waals surface area (Å²) in [6, 6.07) is 9.76. The van der Waals surface area contributed by atoms with Gasteiger partial charge < -0.3 is 5.32 Å². The normalized spacial score (nSPS) is 19.5. The van der Waals surface area contributed by atoms with E-state index in [4.69, 9.17) is 0 Å². The SMILES string of the molecule is Cc1ccsc1[C@@H]1C[C@H]1C(=O)Nc1ccccc1-c1ncn[nH]1. The lowest BCUT2D eigenvalue weighted by atomic mass is 10.1. The predicted octanol–water partition coefficient (Wildman–Crippen LogP) is 3.58. The molecule has 4 rings (SSSR count). The van der Waals surface area contributed by atoms with Gasteiger partial charge in [0.15, 0.2) is 5.82 Å². The van der Waals surface area contributed by atoms with E-state index in [2.05, 4.69) is 38.9 Å². The van der Waals surface area contributed by atoms with Crippen molar-refractivity contribution in [1.82, 2.24) is 15.2 Å². The Morgan fingerprint density at radius 3 is 2.96 bits per heavy atom. The van der Waals surface area contributed by atoms with Gasteiger partial charge in [0, 0.05) is 22.3 Å². The molecule has 23 heavy (non-hydrogen) atoms. The van der Waals surface area contributed by atoms with Crippen molar-refractivity contribution >= 4 is 22.9 Å². The molecule has 1 amide bonds. The largest absolute Gasteiger partial charge is 0.325 e. The van der Waals surface area contributed by atoms with Crippen molar-refractivity contribution in [3.05, 3.63) is 52.5 Å². The number of hydrogen-bond donors (Lipinski definition) is 2. The minimum absolute atomic E-state index is 0.0649. The van der Waals surface area contributed by atoms with Crippen molar-refractivity contribution in [2.75, 3.05) is 5.32 Å². The van der Waals surface area contributed by atoms with E-state index < -0.39 is 0 Å². The molecule has 1 fully saturated rings. The summed E-state index contributed by atoms with van der Waals surface area (Å²) < 4.78 is 0. The van der Waals surface area contributed by atoms with E-state index in [1.807, 2.05) is 24.3 Å². The van der Waals surface area contributed by atoms with E-state index in [1.54, 1.807) is 11.3 Å². The van der Waals surface area contributed by atoms with Crippen molar-refractivity contribution in [2.24, 2.45) is 5.92 Å². The zero-order valence-corrected chi connectivity index (χ0v) is 13.4. The second-order valence-electron chi connectivity index (χ2n) is 5.79. The maximum atomic E-state index is 12.6. The molecule has 2 atom stereocenters. The number of amides is 1.